The molecule has 7 heteroatoms. The van der Waals surface area contributed by atoms with Crippen molar-refractivity contribution in [2.45, 2.75) is 43.9 Å². The van der Waals surface area contributed by atoms with Crippen LogP contribution in [0.15, 0.2) is 53.4 Å². The molecule has 6 nitrogen and oxygen atoms in total. The third-order valence-electron chi connectivity index (χ3n) is 4.51. The highest BCUT2D eigenvalue weighted by atomic mass is 32.2. The van der Waals surface area contributed by atoms with E-state index in [9.17, 15) is 18.0 Å². The molecule has 0 spiro atoms. The number of rotatable bonds is 5. The van der Waals surface area contributed by atoms with Crippen LogP contribution in [0.5, 0.6) is 0 Å². The van der Waals surface area contributed by atoms with Gasteiger partial charge in [-0.05, 0) is 48.2 Å². The van der Waals surface area contributed by atoms with Crippen molar-refractivity contribution in [3.8, 4) is 0 Å². The Labute approximate surface area is 159 Å². The zero-order valence-corrected chi connectivity index (χ0v) is 16.1. The van der Waals surface area contributed by atoms with Gasteiger partial charge in [0.2, 0.25) is 11.8 Å². The zero-order chi connectivity index (χ0) is 19.6. The summed E-state index contributed by atoms with van der Waals surface area (Å²) in [4.78, 5) is 25.2. The summed E-state index contributed by atoms with van der Waals surface area (Å²) in [6.45, 7) is 3.99. The molecule has 1 heterocycles. The second-order valence-electron chi connectivity index (χ2n) is 6.82. The summed E-state index contributed by atoms with van der Waals surface area (Å²) in [6, 6.07) is 13.1. The van der Waals surface area contributed by atoms with Crippen molar-refractivity contribution in [2.75, 3.05) is 9.62 Å². The van der Waals surface area contributed by atoms with Gasteiger partial charge >= 0.3 is 0 Å². The molecule has 2 amide bonds. The summed E-state index contributed by atoms with van der Waals surface area (Å²) in [5.41, 5.74) is 1.84. The average Bonchev–Trinajstić information content (AvgIpc) is 2.62. The van der Waals surface area contributed by atoms with E-state index in [1.165, 1.54) is 24.3 Å². The van der Waals surface area contributed by atoms with Crippen LogP contribution in [0.25, 0.3) is 0 Å². The lowest BCUT2D eigenvalue weighted by atomic mass is 10.0. The molecule has 0 aliphatic carbocycles. The van der Waals surface area contributed by atoms with Gasteiger partial charge in [0.1, 0.15) is 0 Å². The van der Waals surface area contributed by atoms with E-state index in [1.54, 1.807) is 12.1 Å². The molecule has 0 unspecified atom stereocenters. The topological polar surface area (TPSA) is 83.6 Å². The molecule has 0 atom stereocenters. The Morgan fingerprint density at radius 1 is 0.926 bits per heavy atom. The van der Waals surface area contributed by atoms with E-state index in [4.69, 9.17) is 0 Å². The molecule has 0 saturated carbocycles. The quantitative estimate of drug-likeness (QED) is 0.795. The van der Waals surface area contributed by atoms with Crippen molar-refractivity contribution < 1.29 is 18.0 Å². The monoisotopic (exact) mass is 386 g/mol. The Morgan fingerprint density at radius 2 is 1.52 bits per heavy atom. The van der Waals surface area contributed by atoms with Crippen molar-refractivity contribution >= 4 is 33.2 Å². The van der Waals surface area contributed by atoms with Gasteiger partial charge in [-0.15, -0.1) is 0 Å². The Bertz CT molecular complexity index is 950. The minimum Gasteiger partial charge on any atom is -0.279 e. The van der Waals surface area contributed by atoms with Crippen LogP contribution in [-0.2, 0) is 19.6 Å². The number of para-hydroxylation sites is 1. The number of anilines is 2. The van der Waals surface area contributed by atoms with Crippen molar-refractivity contribution in [3.05, 3.63) is 54.1 Å². The van der Waals surface area contributed by atoms with Gasteiger partial charge in [-0.2, -0.15) is 0 Å². The highest BCUT2D eigenvalue weighted by Gasteiger charge is 2.27. The summed E-state index contributed by atoms with van der Waals surface area (Å²) < 4.78 is 28.1. The van der Waals surface area contributed by atoms with E-state index < -0.39 is 10.0 Å². The molecule has 1 saturated heterocycles. The van der Waals surface area contributed by atoms with E-state index in [0.29, 0.717) is 30.6 Å². The number of piperidine rings is 1. The third-order valence-corrected chi connectivity index (χ3v) is 5.89. The first-order valence-corrected chi connectivity index (χ1v) is 10.4. The number of carbonyl (C=O) groups is 2. The highest BCUT2D eigenvalue weighted by Crippen LogP contribution is 2.28. The molecule has 1 N–H and O–H groups in total. The normalized spacial score (nSPS) is 15.3. The molecule has 0 radical (unpaired) electrons. The second kappa shape index (κ2) is 7.52. The van der Waals surface area contributed by atoms with Gasteiger partial charge < -0.3 is 0 Å². The maximum atomic E-state index is 12.7. The molecule has 1 aliphatic heterocycles. The van der Waals surface area contributed by atoms with Crippen LogP contribution in [0.4, 0.5) is 11.4 Å². The molecule has 1 aliphatic rings. The Kier molecular flexibility index (Phi) is 5.32. The van der Waals surface area contributed by atoms with Crippen LogP contribution in [0.3, 0.4) is 0 Å². The number of benzene rings is 2. The average molecular weight is 386 g/mol. The number of nitrogens with zero attached hydrogens (tertiary/aromatic N) is 1. The zero-order valence-electron chi connectivity index (χ0n) is 15.3. The van der Waals surface area contributed by atoms with E-state index in [2.05, 4.69) is 4.72 Å². The molecular weight excluding hydrogens is 364 g/mol. The van der Waals surface area contributed by atoms with Gasteiger partial charge in [0, 0.05) is 12.8 Å². The lowest BCUT2D eigenvalue weighted by Crippen LogP contribution is -2.40. The molecule has 142 valence electrons. The number of nitrogens with one attached hydrogen (secondary N) is 1. The minimum absolute atomic E-state index is 0.0710. The summed E-state index contributed by atoms with van der Waals surface area (Å²) in [5, 5.41) is 0. The Hall–Kier alpha value is -2.67. The van der Waals surface area contributed by atoms with E-state index in [-0.39, 0.29) is 22.6 Å². The summed E-state index contributed by atoms with van der Waals surface area (Å²) in [6.07, 6.45) is 1.19. The van der Waals surface area contributed by atoms with E-state index >= 15 is 0 Å². The predicted octanol–water partition coefficient (Wildman–Crippen LogP) is 3.65. The van der Waals surface area contributed by atoms with Gasteiger partial charge in [-0.3, -0.25) is 19.2 Å². The number of hydrogen-bond acceptors (Lipinski definition) is 4. The SMILES string of the molecule is CC(C)c1ccccc1NS(=O)(=O)c1ccc(N2C(=O)CCCC2=O)cc1. The molecule has 0 bridgehead atoms. The van der Waals surface area contributed by atoms with Crippen LogP contribution in [0.1, 0.15) is 44.6 Å². The van der Waals surface area contributed by atoms with E-state index in [0.717, 1.165) is 10.5 Å². The van der Waals surface area contributed by atoms with Crippen molar-refractivity contribution in [1.29, 1.82) is 0 Å². The standard InChI is InChI=1S/C20H22N2O4S/c1-14(2)17-6-3-4-7-18(17)21-27(25,26)16-12-10-15(11-13-16)22-19(23)8-5-9-20(22)24/h3-4,6-7,10-14,21H,5,8-9H2,1-2H3. The first-order chi connectivity index (χ1) is 12.8. The first-order valence-electron chi connectivity index (χ1n) is 8.87. The fourth-order valence-electron chi connectivity index (χ4n) is 3.11. The van der Waals surface area contributed by atoms with Crippen LogP contribution in [0.2, 0.25) is 0 Å². The number of amides is 2. The highest BCUT2D eigenvalue weighted by molar-refractivity contribution is 7.92. The number of imide groups is 1. The van der Waals surface area contributed by atoms with Gasteiger partial charge in [-0.25, -0.2) is 8.42 Å². The van der Waals surface area contributed by atoms with Gasteiger partial charge in [0.25, 0.3) is 10.0 Å². The smallest absolute Gasteiger partial charge is 0.261 e. The maximum Gasteiger partial charge on any atom is 0.261 e. The molecule has 27 heavy (non-hydrogen) atoms. The summed E-state index contributed by atoms with van der Waals surface area (Å²) >= 11 is 0. The van der Waals surface area contributed by atoms with Crippen LogP contribution < -0.4 is 9.62 Å². The Balaban J connectivity index is 1.86. The number of carbonyl (C=O) groups excluding carboxylic acids is 2. The van der Waals surface area contributed by atoms with Crippen LogP contribution in [-0.4, -0.2) is 20.2 Å². The van der Waals surface area contributed by atoms with Gasteiger partial charge in [-0.1, -0.05) is 32.0 Å². The van der Waals surface area contributed by atoms with Crippen molar-refractivity contribution in [2.24, 2.45) is 0 Å². The molecular formula is C20H22N2O4S. The second-order valence-corrected chi connectivity index (χ2v) is 8.50. The molecule has 0 aromatic heterocycles. The van der Waals surface area contributed by atoms with Crippen LogP contribution >= 0.6 is 0 Å². The molecule has 2 aromatic carbocycles. The summed E-state index contributed by atoms with van der Waals surface area (Å²) in [7, 11) is -3.78. The fourth-order valence-corrected chi connectivity index (χ4v) is 4.20. The first kappa shape index (κ1) is 19.1. The third kappa shape index (κ3) is 4.03. The minimum atomic E-state index is -3.78. The van der Waals surface area contributed by atoms with Crippen molar-refractivity contribution in [1.82, 2.24) is 0 Å². The molecule has 1 fully saturated rings. The fraction of sp³-hybridized carbons (Fsp3) is 0.300. The largest absolute Gasteiger partial charge is 0.279 e. The maximum absolute atomic E-state index is 12.7. The summed E-state index contributed by atoms with van der Waals surface area (Å²) in [5.74, 6) is -0.348. The van der Waals surface area contributed by atoms with Gasteiger partial charge in [0.15, 0.2) is 0 Å². The van der Waals surface area contributed by atoms with Gasteiger partial charge in [0.05, 0.1) is 16.3 Å². The predicted molar refractivity (Wildman–Crippen MR) is 104 cm³/mol. The van der Waals surface area contributed by atoms with E-state index in [1.807, 2.05) is 26.0 Å². The molecule has 2 aromatic rings. The Morgan fingerprint density at radius 3 is 2.11 bits per heavy atom. The number of hydrogen-bond donors (Lipinski definition) is 1. The lowest BCUT2D eigenvalue weighted by molar-refractivity contribution is -0.129. The number of sulfonamides is 1. The van der Waals surface area contributed by atoms with Crippen LogP contribution in [0, 0.1) is 0 Å². The lowest BCUT2D eigenvalue weighted by Gasteiger charge is -2.25. The van der Waals surface area contributed by atoms with Crippen molar-refractivity contribution in [3.63, 3.8) is 0 Å². The molecule has 3 rings (SSSR count).